The number of pyridine rings is 1. The zero-order valence-electron chi connectivity index (χ0n) is 13.7. The molecule has 0 atom stereocenters. The molecule has 0 aliphatic rings. The Bertz CT molecular complexity index is 977. The molecule has 126 valence electrons. The standard InChI is InChI=1S/C20H17FN2O2/c1-2-23-12-16(13-8-10-15(21)11-9-13)19(24)17(20(22)25)18(23)14-6-4-3-5-7-14/h3-12H,2H2,1H3,(H2,22,25). The molecule has 25 heavy (non-hydrogen) atoms. The van der Waals surface area contributed by atoms with Gasteiger partial charge in [0.15, 0.2) is 0 Å². The van der Waals surface area contributed by atoms with Crippen molar-refractivity contribution >= 4 is 5.91 Å². The van der Waals surface area contributed by atoms with Crippen molar-refractivity contribution in [1.29, 1.82) is 0 Å². The number of carbonyl (C=O) groups excluding carboxylic acids is 1. The van der Waals surface area contributed by atoms with Crippen LogP contribution < -0.4 is 11.2 Å². The van der Waals surface area contributed by atoms with E-state index in [0.29, 0.717) is 23.4 Å². The van der Waals surface area contributed by atoms with Gasteiger partial charge in [0.05, 0.1) is 5.69 Å². The quantitative estimate of drug-likeness (QED) is 0.793. The number of rotatable bonds is 4. The molecule has 3 rings (SSSR count). The van der Waals surface area contributed by atoms with E-state index >= 15 is 0 Å². The molecule has 0 fully saturated rings. The molecule has 0 unspecified atom stereocenters. The molecule has 0 saturated carbocycles. The molecule has 2 N–H and O–H groups in total. The molecular formula is C20H17FN2O2. The lowest BCUT2D eigenvalue weighted by Crippen LogP contribution is -2.27. The van der Waals surface area contributed by atoms with Crippen LogP contribution in [0.2, 0.25) is 0 Å². The van der Waals surface area contributed by atoms with Crippen LogP contribution in [0.4, 0.5) is 4.39 Å². The Morgan fingerprint density at radius 2 is 1.68 bits per heavy atom. The maximum Gasteiger partial charge on any atom is 0.254 e. The van der Waals surface area contributed by atoms with Crippen molar-refractivity contribution in [2.24, 2.45) is 5.73 Å². The molecule has 0 bridgehead atoms. The molecule has 3 aromatic rings. The number of nitrogens with zero attached hydrogens (tertiary/aromatic N) is 1. The zero-order valence-corrected chi connectivity index (χ0v) is 13.7. The van der Waals surface area contributed by atoms with Crippen molar-refractivity contribution in [3.8, 4) is 22.4 Å². The van der Waals surface area contributed by atoms with Crippen molar-refractivity contribution < 1.29 is 9.18 Å². The normalized spacial score (nSPS) is 10.6. The molecule has 0 spiro atoms. The highest BCUT2D eigenvalue weighted by Crippen LogP contribution is 2.25. The lowest BCUT2D eigenvalue weighted by molar-refractivity contribution is 0.0999. The van der Waals surface area contributed by atoms with Gasteiger partial charge >= 0.3 is 0 Å². The van der Waals surface area contributed by atoms with E-state index in [9.17, 15) is 14.0 Å². The van der Waals surface area contributed by atoms with Gasteiger partial charge in [-0.25, -0.2) is 4.39 Å². The Labute approximate surface area is 144 Å². The molecule has 1 heterocycles. The second-order valence-electron chi connectivity index (χ2n) is 5.62. The van der Waals surface area contributed by atoms with Gasteiger partial charge in [0.1, 0.15) is 11.4 Å². The number of halogens is 1. The van der Waals surface area contributed by atoms with E-state index in [0.717, 1.165) is 5.56 Å². The average Bonchev–Trinajstić information content (AvgIpc) is 2.62. The van der Waals surface area contributed by atoms with Crippen LogP contribution in [0, 0.1) is 5.82 Å². The second kappa shape index (κ2) is 6.73. The van der Waals surface area contributed by atoms with Crippen LogP contribution in [-0.4, -0.2) is 10.5 Å². The van der Waals surface area contributed by atoms with Crippen molar-refractivity contribution in [2.75, 3.05) is 0 Å². The van der Waals surface area contributed by atoms with E-state index in [1.807, 2.05) is 41.8 Å². The first-order chi connectivity index (χ1) is 12.0. The monoisotopic (exact) mass is 336 g/mol. The zero-order chi connectivity index (χ0) is 18.0. The van der Waals surface area contributed by atoms with Crippen LogP contribution in [0.15, 0.2) is 65.6 Å². The van der Waals surface area contributed by atoms with Gasteiger partial charge in [0.2, 0.25) is 5.43 Å². The minimum atomic E-state index is -0.782. The first-order valence-corrected chi connectivity index (χ1v) is 7.91. The molecule has 0 aliphatic carbocycles. The number of aromatic nitrogens is 1. The minimum absolute atomic E-state index is 0.0603. The summed E-state index contributed by atoms with van der Waals surface area (Å²) in [5, 5.41) is 0. The summed E-state index contributed by atoms with van der Waals surface area (Å²) >= 11 is 0. The highest BCUT2D eigenvalue weighted by molar-refractivity contribution is 6.00. The Hall–Kier alpha value is -3.21. The Morgan fingerprint density at radius 3 is 2.24 bits per heavy atom. The van der Waals surface area contributed by atoms with Crippen molar-refractivity contribution in [3.63, 3.8) is 0 Å². The van der Waals surface area contributed by atoms with Gasteiger partial charge < -0.3 is 10.3 Å². The number of benzene rings is 2. The topological polar surface area (TPSA) is 65.1 Å². The number of nitrogens with two attached hydrogens (primary N) is 1. The average molecular weight is 336 g/mol. The van der Waals surface area contributed by atoms with E-state index in [-0.39, 0.29) is 5.56 Å². The van der Waals surface area contributed by atoms with E-state index < -0.39 is 17.2 Å². The highest BCUT2D eigenvalue weighted by atomic mass is 19.1. The molecule has 0 aliphatic heterocycles. The summed E-state index contributed by atoms with van der Waals surface area (Å²) in [5.74, 6) is -1.18. The Morgan fingerprint density at radius 1 is 1.04 bits per heavy atom. The maximum absolute atomic E-state index is 13.2. The van der Waals surface area contributed by atoms with Gasteiger partial charge in [-0.2, -0.15) is 0 Å². The molecule has 0 saturated heterocycles. The summed E-state index contributed by atoms with van der Waals surface area (Å²) in [6.07, 6.45) is 1.68. The lowest BCUT2D eigenvalue weighted by Gasteiger charge is -2.17. The summed E-state index contributed by atoms with van der Waals surface area (Å²) in [6.45, 7) is 2.45. The maximum atomic E-state index is 13.2. The van der Waals surface area contributed by atoms with E-state index in [1.165, 1.54) is 24.3 Å². The SMILES string of the molecule is CCn1cc(-c2ccc(F)cc2)c(=O)c(C(N)=O)c1-c1ccccc1. The van der Waals surface area contributed by atoms with E-state index in [2.05, 4.69) is 0 Å². The largest absolute Gasteiger partial charge is 0.365 e. The number of hydrogen-bond donors (Lipinski definition) is 1. The van der Waals surface area contributed by atoms with Crippen LogP contribution in [0.5, 0.6) is 0 Å². The minimum Gasteiger partial charge on any atom is -0.365 e. The molecule has 1 aromatic heterocycles. The third kappa shape index (κ3) is 3.08. The highest BCUT2D eigenvalue weighted by Gasteiger charge is 2.21. The van der Waals surface area contributed by atoms with E-state index in [1.54, 1.807) is 6.20 Å². The van der Waals surface area contributed by atoms with Gasteiger partial charge in [-0.3, -0.25) is 9.59 Å². The summed E-state index contributed by atoms with van der Waals surface area (Å²) in [5.41, 5.74) is 7.10. The summed E-state index contributed by atoms with van der Waals surface area (Å²) < 4.78 is 15.0. The molecule has 4 nitrogen and oxygen atoms in total. The fraction of sp³-hybridized carbons (Fsp3) is 0.100. The number of amides is 1. The van der Waals surface area contributed by atoms with E-state index in [4.69, 9.17) is 5.73 Å². The third-order valence-electron chi connectivity index (χ3n) is 4.07. The van der Waals surface area contributed by atoms with Crippen molar-refractivity contribution in [1.82, 2.24) is 4.57 Å². The van der Waals surface area contributed by atoms with Crippen molar-refractivity contribution in [2.45, 2.75) is 13.5 Å². The second-order valence-corrected chi connectivity index (χ2v) is 5.62. The Kier molecular flexibility index (Phi) is 4.48. The van der Waals surface area contributed by atoms with Gasteiger partial charge in [0, 0.05) is 18.3 Å². The molecular weight excluding hydrogens is 319 g/mol. The summed E-state index contributed by atoms with van der Waals surface area (Å²) in [7, 11) is 0. The van der Waals surface area contributed by atoms with Gasteiger partial charge in [-0.05, 0) is 30.2 Å². The van der Waals surface area contributed by atoms with Crippen LogP contribution in [0.1, 0.15) is 17.3 Å². The molecule has 1 amide bonds. The number of hydrogen-bond acceptors (Lipinski definition) is 2. The smallest absolute Gasteiger partial charge is 0.254 e. The van der Waals surface area contributed by atoms with Gasteiger partial charge in [-0.1, -0.05) is 42.5 Å². The van der Waals surface area contributed by atoms with Crippen LogP contribution in [0.3, 0.4) is 0 Å². The summed E-state index contributed by atoms with van der Waals surface area (Å²) in [4.78, 5) is 25.0. The first-order valence-electron chi connectivity index (χ1n) is 7.91. The number of carbonyl (C=O) groups is 1. The van der Waals surface area contributed by atoms with Crippen LogP contribution >= 0.6 is 0 Å². The van der Waals surface area contributed by atoms with Crippen LogP contribution in [0.25, 0.3) is 22.4 Å². The number of aryl methyl sites for hydroxylation is 1. The Balaban J connectivity index is 2.35. The van der Waals surface area contributed by atoms with Crippen molar-refractivity contribution in [3.05, 3.63) is 82.4 Å². The van der Waals surface area contributed by atoms with Crippen LogP contribution in [-0.2, 0) is 6.54 Å². The number of primary amides is 1. The first kappa shape index (κ1) is 16.6. The van der Waals surface area contributed by atoms with Gasteiger partial charge in [0.25, 0.3) is 5.91 Å². The molecule has 2 aromatic carbocycles. The fourth-order valence-electron chi connectivity index (χ4n) is 2.88. The van der Waals surface area contributed by atoms with Gasteiger partial charge in [-0.15, -0.1) is 0 Å². The molecule has 0 radical (unpaired) electrons. The predicted molar refractivity (Wildman–Crippen MR) is 95.7 cm³/mol. The predicted octanol–water partition coefficient (Wildman–Crippen LogP) is 3.44. The lowest BCUT2D eigenvalue weighted by atomic mass is 9.98. The molecule has 5 heteroatoms. The summed E-state index contributed by atoms with van der Waals surface area (Å²) in [6, 6.07) is 14.7. The fourth-order valence-corrected chi connectivity index (χ4v) is 2.88. The third-order valence-corrected chi connectivity index (χ3v) is 4.07.